The smallest absolute Gasteiger partial charge is 0.317 e. The molecule has 0 spiro atoms. The maximum atomic E-state index is 13.2. The van der Waals surface area contributed by atoms with Crippen molar-refractivity contribution in [3.8, 4) is 0 Å². The number of hydrogen-bond acceptors (Lipinski definition) is 3. The van der Waals surface area contributed by atoms with Crippen molar-refractivity contribution in [2.24, 2.45) is 0 Å². The van der Waals surface area contributed by atoms with Crippen LogP contribution in [0.2, 0.25) is 0 Å². The van der Waals surface area contributed by atoms with Gasteiger partial charge in [0.05, 0.1) is 25.9 Å². The lowest BCUT2D eigenvalue weighted by Crippen LogP contribution is -2.52. The molecular formula is C18H25FN2O3. The van der Waals surface area contributed by atoms with Crippen LogP contribution >= 0.6 is 0 Å². The monoisotopic (exact) mass is 336 g/mol. The molecule has 1 saturated carbocycles. The van der Waals surface area contributed by atoms with Crippen LogP contribution in [-0.4, -0.2) is 55.0 Å². The molecule has 1 saturated heterocycles. The van der Waals surface area contributed by atoms with E-state index in [-0.39, 0.29) is 30.0 Å². The zero-order valence-corrected chi connectivity index (χ0v) is 13.8. The predicted octanol–water partition coefficient (Wildman–Crippen LogP) is 2.04. The summed E-state index contributed by atoms with van der Waals surface area (Å²) in [7, 11) is 0. The van der Waals surface area contributed by atoms with Crippen molar-refractivity contribution in [2.75, 3.05) is 32.8 Å². The molecule has 1 aromatic rings. The molecule has 5 nitrogen and oxygen atoms in total. The second kappa shape index (κ2) is 7.49. The molecule has 0 radical (unpaired) electrons. The number of amides is 2. The first kappa shape index (κ1) is 17.2. The van der Waals surface area contributed by atoms with E-state index in [9.17, 15) is 14.3 Å². The molecule has 132 valence electrons. The van der Waals surface area contributed by atoms with E-state index in [4.69, 9.17) is 4.74 Å². The zero-order valence-electron chi connectivity index (χ0n) is 13.8. The fraction of sp³-hybridized carbons (Fsp3) is 0.611. The number of nitrogens with one attached hydrogen (secondary N) is 1. The third-order valence-corrected chi connectivity index (χ3v) is 5.22. The lowest BCUT2D eigenvalue weighted by molar-refractivity contribution is -0.0403. The second-order valence-corrected chi connectivity index (χ2v) is 6.77. The van der Waals surface area contributed by atoms with Crippen molar-refractivity contribution in [1.82, 2.24) is 10.2 Å². The lowest BCUT2D eigenvalue weighted by Gasteiger charge is -2.34. The number of rotatable bonds is 4. The van der Waals surface area contributed by atoms with Crippen LogP contribution in [0.25, 0.3) is 0 Å². The Kier molecular flexibility index (Phi) is 5.36. The standard InChI is InChI=1S/C18H25FN2O3/c19-15-5-3-14(4-6-15)18(7-1-2-8-18)13-20-17(23)21-9-10-24-16(11-21)12-22/h3-6,16,22H,1-2,7-13H2,(H,20,23)/t16-/m0/s1. The minimum Gasteiger partial charge on any atom is -0.394 e. The highest BCUT2D eigenvalue weighted by Crippen LogP contribution is 2.40. The summed E-state index contributed by atoms with van der Waals surface area (Å²) in [6.45, 7) is 1.86. The largest absolute Gasteiger partial charge is 0.394 e. The summed E-state index contributed by atoms with van der Waals surface area (Å²) in [6.07, 6.45) is 3.94. The summed E-state index contributed by atoms with van der Waals surface area (Å²) in [5, 5.41) is 12.2. The molecule has 1 atom stereocenters. The van der Waals surface area contributed by atoms with Crippen molar-refractivity contribution in [3.63, 3.8) is 0 Å². The van der Waals surface area contributed by atoms with Gasteiger partial charge in [0, 0.05) is 18.5 Å². The first-order valence-electron chi connectivity index (χ1n) is 8.64. The number of urea groups is 1. The minimum atomic E-state index is -0.304. The number of aliphatic hydroxyl groups is 1. The Balaban J connectivity index is 1.64. The van der Waals surface area contributed by atoms with Crippen LogP contribution in [0.1, 0.15) is 31.2 Å². The molecule has 24 heavy (non-hydrogen) atoms. The molecule has 3 rings (SSSR count). The first-order chi connectivity index (χ1) is 11.6. The summed E-state index contributed by atoms with van der Waals surface area (Å²) in [4.78, 5) is 14.2. The molecule has 1 heterocycles. The van der Waals surface area contributed by atoms with Gasteiger partial charge in [-0.1, -0.05) is 25.0 Å². The number of ether oxygens (including phenoxy) is 1. The molecule has 2 N–H and O–H groups in total. The van der Waals surface area contributed by atoms with Crippen LogP contribution in [0.4, 0.5) is 9.18 Å². The van der Waals surface area contributed by atoms with E-state index in [0.717, 1.165) is 31.2 Å². The van der Waals surface area contributed by atoms with Gasteiger partial charge in [-0.3, -0.25) is 0 Å². The van der Waals surface area contributed by atoms with E-state index in [1.807, 2.05) is 12.1 Å². The molecule has 1 aliphatic heterocycles. The summed E-state index contributed by atoms with van der Waals surface area (Å²) < 4.78 is 18.6. The van der Waals surface area contributed by atoms with Crippen molar-refractivity contribution < 1.29 is 19.0 Å². The second-order valence-electron chi connectivity index (χ2n) is 6.77. The Morgan fingerprint density at radius 1 is 1.33 bits per heavy atom. The summed E-state index contributed by atoms with van der Waals surface area (Å²) in [5.74, 6) is -0.237. The van der Waals surface area contributed by atoms with E-state index in [1.165, 1.54) is 12.1 Å². The van der Waals surface area contributed by atoms with Crippen LogP contribution in [0, 0.1) is 5.82 Å². The number of halogens is 1. The fourth-order valence-corrected chi connectivity index (χ4v) is 3.79. The van der Waals surface area contributed by atoms with Crippen molar-refractivity contribution in [2.45, 2.75) is 37.2 Å². The third-order valence-electron chi connectivity index (χ3n) is 5.22. The Morgan fingerprint density at radius 3 is 2.71 bits per heavy atom. The molecule has 0 unspecified atom stereocenters. The Bertz CT molecular complexity index is 558. The molecule has 2 amide bonds. The number of aliphatic hydroxyl groups excluding tert-OH is 1. The quantitative estimate of drug-likeness (QED) is 0.884. The number of benzene rings is 1. The zero-order chi connectivity index (χ0) is 17.0. The number of carbonyl (C=O) groups excluding carboxylic acids is 1. The summed E-state index contributed by atoms with van der Waals surface area (Å²) >= 11 is 0. The van der Waals surface area contributed by atoms with Gasteiger partial charge in [-0.25, -0.2) is 9.18 Å². The highest BCUT2D eigenvalue weighted by atomic mass is 19.1. The van der Waals surface area contributed by atoms with Crippen LogP contribution in [0.3, 0.4) is 0 Å². The highest BCUT2D eigenvalue weighted by Gasteiger charge is 2.36. The summed E-state index contributed by atoms with van der Waals surface area (Å²) in [5.41, 5.74) is 0.989. The SMILES string of the molecule is O=C(NCC1(c2ccc(F)cc2)CCCC1)N1CCO[C@H](CO)C1. The number of carbonyl (C=O) groups is 1. The van der Waals surface area contributed by atoms with Gasteiger partial charge in [0.1, 0.15) is 5.82 Å². The first-order valence-corrected chi connectivity index (χ1v) is 8.64. The van der Waals surface area contributed by atoms with E-state index in [1.54, 1.807) is 4.90 Å². The molecule has 2 aliphatic rings. The van der Waals surface area contributed by atoms with Gasteiger partial charge in [-0.2, -0.15) is 0 Å². The van der Waals surface area contributed by atoms with Gasteiger partial charge in [0.15, 0.2) is 0 Å². The maximum Gasteiger partial charge on any atom is 0.317 e. The Morgan fingerprint density at radius 2 is 2.04 bits per heavy atom. The summed E-state index contributed by atoms with van der Waals surface area (Å²) in [6, 6.07) is 6.54. The average molecular weight is 336 g/mol. The van der Waals surface area contributed by atoms with E-state index < -0.39 is 0 Å². The number of nitrogens with zero attached hydrogens (tertiary/aromatic N) is 1. The van der Waals surface area contributed by atoms with Gasteiger partial charge < -0.3 is 20.1 Å². The normalized spacial score (nSPS) is 23.2. The van der Waals surface area contributed by atoms with Gasteiger partial charge in [-0.15, -0.1) is 0 Å². The number of hydrogen-bond donors (Lipinski definition) is 2. The number of morpholine rings is 1. The van der Waals surface area contributed by atoms with Gasteiger partial charge >= 0.3 is 6.03 Å². The van der Waals surface area contributed by atoms with Crippen molar-refractivity contribution in [3.05, 3.63) is 35.6 Å². The highest BCUT2D eigenvalue weighted by molar-refractivity contribution is 5.74. The van der Waals surface area contributed by atoms with Gasteiger partial charge in [0.25, 0.3) is 0 Å². The Labute approximate surface area is 141 Å². The third kappa shape index (κ3) is 3.70. The van der Waals surface area contributed by atoms with E-state index in [0.29, 0.717) is 26.2 Å². The van der Waals surface area contributed by atoms with E-state index >= 15 is 0 Å². The molecule has 6 heteroatoms. The Hall–Kier alpha value is -1.66. The van der Waals surface area contributed by atoms with Crippen molar-refractivity contribution >= 4 is 6.03 Å². The van der Waals surface area contributed by atoms with Crippen LogP contribution in [0.5, 0.6) is 0 Å². The molecular weight excluding hydrogens is 311 g/mol. The molecule has 0 aromatic heterocycles. The van der Waals surface area contributed by atoms with Crippen molar-refractivity contribution in [1.29, 1.82) is 0 Å². The van der Waals surface area contributed by atoms with E-state index in [2.05, 4.69) is 5.32 Å². The topological polar surface area (TPSA) is 61.8 Å². The van der Waals surface area contributed by atoms with Crippen LogP contribution in [0.15, 0.2) is 24.3 Å². The minimum absolute atomic E-state index is 0.0801. The molecule has 0 bridgehead atoms. The van der Waals surface area contributed by atoms with Gasteiger partial charge in [0.2, 0.25) is 0 Å². The molecule has 2 fully saturated rings. The average Bonchev–Trinajstić information content (AvgIpc) is 3.10. The molecule has 1 aliphatic carbocycles. The van der Waals surface area contributed by atoms with Gasteiger partial charge in [-0.05, 0) is 30.5 Å². The van der Waals surface area contributed by atoms with Crippen LogP contribution < -0.4 is 5.32 Å². The predicted molar refractivity (Wildman–Crippen MR) is 88.3 cm³/mol. The fourth-order valence-electron chi connectivity index (χ4n) is 3.79. The lowest BCUT2D eigenvalue weighted by atomic mass is 9.79. The van der Waals surface area contributed by atoms with Crippen LogP contribution in [-0.2, 0) is 10.2 Å². The maximum absolute atomic E-state index is 13.2. The molecule has 1 aromatic carbocycles.